The molecule has 67 heavy (non-hydrogen) atoms. The largest absolute Gasteiger partial charge is 0.462 e. The molecule has 1 atom stereocenters. The van der Waals surface area contributed by atoms with Gasteiger partial charge in [0, 0.05) is 19.3 Å². The summed E-state index contributed by atoms with van der Waals surface area (Å²) in [6.45, 7) is 6.39. The molecule has 0 saturated heterocycles. The van der Waals surface area contributed by atoms with E-state index in [0.717, 1.165) is 77.0 Å². The lowest BCUT2D eigenvalue weighted by molar-refractivity contribution is -0.167. The average molecular weight is 929 g/mol. The van der Waals surface area contributed by atoms with Crippen LogP contribution in [0.15, 0.2) is 109 Å². The fourth-order valence-corrected chi connectivity index (χ4v) is 7.27. The Morgan fingerprint density at radius 2 is 0.582 bits per heavy atom. The van der Waals surface area contributed by atoms with Crippen molar-refractivity contribution in [3.8, 4) is 0 Å². The van der Waals surface area contributed by atoms with Crippen molar-refractivity contribution >= 4 is 17.9 Å². The van der Waals surface area contributed by atoms with Gasteiger partial charge in [-0.05, 0) is 89.9 Å². The maximum atomic E-state index is 12.8. The molecule has 0 radical (unpaired) electrons. The lowest BCUT2D eigenvalue weighted by atomic mass is 10.1. The van der Waals surface area contributed by atoms with E-state index in [1.54, 1.807) is 0 Å². The number of carbonyl (C=O) groups excluding carboxylic acids is 3. The fourth-order valence-electron chi connectivity index (χ4n) is 7.27. The monoisotopic (exact) mass is 929 g/mol. The number of carbonyl (C=O) groups is 3. The SMILES string of the molecule is CC\C=C/C=C\C=C/C=C\C=C/CCCCCC(=O)OC(COC(=O)CCCCCCCC/C=C\C=C/CCCCC)COC(=O)CCCCCCCCCCCC/C=C\C=C/CCCCC. The van der Waals surface area contributed by atoms with E-state index in [2.05, 4.69) is 81.5 Å². The normalized spacial score (nSPS) is 12.9. The van der Waals surface area contributed by atoms with Crippen LogP contribution < -0.4 is 0 Å². The fraction of sp³-hybridized carbons (Fsp3) is 0.656. The summed E-state index contributed by atoms with van der Waals surface area (Å²) in [5.74, 6) is -0.962. The molecule has 0 aliphatic heterocycles. The van der Waals surface area contributed by atoms with Crippen LogP contribution in [-0.4, -0.2) is 37.2 Å². The first kappa shape index (κ1) is 63.1. The molecule has 6 heteroatoms. The lowest BCUT2D eigenvalue weighted by Gasteiger charge is -2.18. The Balaban J connectivity index is 4.47. The van der Waals surface area contributed by atoms with Crippen molar-refractivity contribution in [2.24, 2.45) is 0 Å². The summed E-state index contributed by atoms with van der Waals surface area (Å²) >= 11 is 0. The first-order chi connectivity index (χ1) is 33.0. The van der Waals surface area contributed by atoms with Gasteiger partial charge in [-0.25, -0.2) is 0 Å². The van der Waals surface area contributed by atoms with Gasteiger partial charge in [0.15, 0.2) is 6.10 Å². The van der Waals surface area contributed by atoms with Gasteiger partial charge in [0.2, 0.25) is 0 Å². The van der Waals surface area contributed by atoms with Gasteiger partial charge in [0.25, 0.3) is 0 Å². The Labute approximate surface area is 412 Å². The molecule has 1 unspecified atom stereocenters. The van der Waals surface area contributed by atoms with Crippen LogP contribution in [0, 0.1) is 0 Å². The molecule has 0 aromatic rings. The van der Waals surface area contributed by atoms with Gasteiger partial charge in [-0.3, -0.25) is 14.4 Å². The van der Waals surface area contributed by atoms with Gasteiger partial charge in [-0.1, -0.05) is 239 Å². The highest BCUT2D eigenvalue weighted by Crippen LogP contribution is 2.14. The molecule has 0 heterocycles. The molecule has 0 saturated carbocycles. The number of hydrogen-bond donors (Lipinski definition) is 0. The van der Waals surface area contributed by atoms with Gasteiger partial charge in [0.1, 0.15) is 13.2 Å². The number of allylic oxidation sites excluding steroid dienone is 18. The predicted octanol–water partition coefficient (Wildman–Crippen LogP) is 18.3. The van der Waals surface area contributed by atoms with Crippen LogP contribution in [0.2, 0.25) is 0 Å². The Hall–Kier alpha value is -3.93. The molecular formula is C61H100O6. The number of rotatable bonds is 48. The summed E-state index contributed by atoms with van der Waals surface area (Å²) < 4.78 is 16.8. The molecule has 6 nitrogen and oxygen atoms in total. The van der Waals surface area contributed by atoms with Crippen LogP contribution in [0.25, 0.3) is 0 Å². The van der Waals surface area contributed by atoms with E-state index in [4.69, 9.17) is 14.2 Å². The van der Waals surface area contributed by atoms with Crippen LogP contribution in [0.5, 0.6) is 0 Å². The highest BCUT2D eigenvalue weighted by Gasteiger charge is 2.19. The number of unbranched alkanes of at least 4 members (excludes halogenated alkanes) is 25. The molecule has 0 aromatic heterocycles. The summed E-state index contributed by atoms with van der Waals surface area (Å²) in [4.78, 5) is 38.1. The van der Waals surface area contributed by atoms with E-state index in [1.165, 1.54) is 116 Å². The van der Waals surface area contributed by atoms with Gasteiger partial charge in [-0.2, -0.15) is 0 Å². The van der Waals surface area contributed by atoms with E-state index in [1.807, 2.05) is 48.6 Å². The van der Waals surface area contributed by atoms with Crippen LogP contribution >= 0.6 is 0 Å². The lowest BCUT2D eigenvalue weighted by Crippen LogP contribution is -2.30. The Bertz CT molecular complexity index is 1390. The average Bonchev–Trinajstić information content (AvgIpc) is 3.33. The van der Waals surface area contributed by atoms with Crippen molar-refractivity contribution in [2.75, 3.05) is 13.2 Å². The summed E-state index contributed by atoms with van der Waals surface area (Å²) in [7, 11) is 0. The third-order valence-corrected chi connectivity index (χ3v) is 11.4. The zero-order chi connectivity index (χ0) is 48.6. The second-order valence-electron chi connectivity index (χ2n) is 17.9. The second-order valence-corrected chi connectivity index (χ2v) is 17.9. The first-order valence-corrected chi connectivity index (χ1v) is 27.5. The van der Waals surface area contributed by atoms with Gasteiger partial charge >= 0.3 is 17.9 Å². The molecule has 0 aliphatic rings. The second kappa shape index (κ2) is 54.7. The Morgan fingerprint density at radius 3 is 0.940 bits per heavy atom. The number of hydrogen-bond acceptors (Lipinski definition) is 6. The number of esters is 3. The summed E-state index contributed by atoms with van der Waals surface area (Å²) in [6.07, 6.45) is 73.5. The van der Waals surface area contributed by atoms with Gasteiger partial charge < -0.3 is 14.2 Å². The van der Waals surface area contributed by atoms with Crippen molar-refractivity contribution in [3.63, 3.8) is 0 Å². The van der Waals surface area contributed by atoms with Gasteiger partial charge in [0.05, 0.1) is 0 Å². The third kappa shape index (κ3) is 52.9. The van der Waals surface area contributed by atoms with Crippen LogP contribution in [0.4, 0.5) is 0 Å². The van der Waals surface area contributed by atoms with Crippen LogP contribution in [0.1, 0.15) is 239 Å². The molecule has 0 fully saturated rings. The highest BCUT2D eigenvalue weighted by atomic mass is 16.6. The molecule has 0 bridgehead atoms. The molecular weight excluding hydrogens is 829 g/mol. The Morgan fingerprint density at radius 1 is 0.313 bits per heavy atom. The maximum absolute atomic E-state index is 12.8. The molecule has 0 amide bonds. The minimum atomic E-state index is -0.809. The van der Waals surface area contributed by atoms with E-state index in [0.29, 0.717) is 19.3 Å². The minimum absolute atomic E-state index is 0.103. The van der Waals surface area contributed by atoms with E-state index in [9.17, 15) is 14.4 Å². The standard InChI is InChI=1S/C61H100O6/c1-4-7-10-13-16-19-22-25-28-29-30-31-34-36-39-42-45-48-51-54-60(63)66-57-58(67-61(64)55-52-49-46-43-40-37-33-27-24-21-18-15-12-9-6-3)56-65-59(62)53-50-47-44-41-38-35-32-26-23-20-17-14-11-8-5-2/h9,12,15-27,33,37,40,58H,4-8,10-11,13-14,28-32,34-36,38-39,41-57H2,1-3H3/b12-9-,18-15-,19-16-,20-17-,24-21-,25-22-,26-23-,33-27-,40-37-. The van der Waals surface area contributed by atoms with E-state index >= 15 is 0 Å². The topological polar surface area (TPSA) is 78.9 Å². The molecule has 0 aliphatic carbocycles. The molecule has 380 valence electrons. The summed E-state index contributed by atoms with van der Waals surface area (Å²) in [6, 6.07) is 0. The van der Waals surface area contributed by atoms with Crippen LogP contribution in [0.3, 0.4) is 0 Å². The highest BCUT2D eigenvalue weighted by molar-refractivity contribution is 5.71. The zero-order valence-corrected chi connectivity index (χ0v) is 43.4. The molecule has 0 N–H and O–H groups in total. The maximum Gasteiger partial charge on any atom is 0.306 e. The van der Waals surface area contributed by atoms with Crippen molar-refractivity contribution in [1.29, 1.82) is 0 Å². The van der Waals surface area contributed by atoms with Crippen molar-refractivity contribution in [3.05, 3.63) is 109 Å². The quantitative estimate of drug-likeness (QED) is 0.0262. The first-order valence-electron chi connectivity index (χ1n) is 27.5. The minimum Gasteiger partial charge on any atom is -0.462 e. The van der Waals surface area contributed by atoms with E-state index < -0.39 is 6.10 Å². The van der Waals surface area contributed by atoms with E-state index in [-0.39, 0.29) is 37.5 Å². The Kier molecular flexibility index (Phi) is 51.5. The molecule has 0 spiro atoms. The van der Waals surface area contributed by atoms with Crippen LogP contribution in [-0.2, 0) is 28.6 Å². The molecule has 0 aromatic carbocycles. The number of ether oxygens (including phenoxy) is 3. The van der Waals surface area contributed by atoms with Crippen molar-refractivity contribution in [2.45, 2.75) is 245 Å². The smallest absolute Gasteiger partial charge is 0.306 e. The van der Waals surface area contributed by atoms with Crippen molar-refractivity contribution < 1.29 is 28.6 Å². The predicted molar refractivity (Wildman–Crippen MR) is 288 cm³/mol. The molecule has 0 rings (SSSR count). The zero-order valence-electron chi connectivity index (χ0n) is 43.4. The summed E-state index contributed by atoms with van der Waals surface area (Å²) in [5, 5.41) is 0. The van der Waals surface area contributed by atoms with Crippen molar-refractivity contribution in [1.82, 2.24) is 0 Å². The van der Waals surface area contributed by atoms with Gasteiger partial charge in [-0.15, -0.1) is 0 Å². The third-order valence-electron chi connectivity index (χ3n) is 11.4. The summed E-state index contributed by atoms with van der Waals surface area (Å²) in [5.41, 5.74) is 0.